The molecule has 7 nitrogen and oxygen atoms in total. The van der Waals surface area contributed by atoms with Crippen LogP contribution in [-0.4, -0.2) is 50.0 Å². The van der Waals surface area contributed by atoms with Crippen LogP contribution in [0.2, 0.25) is 5.02 Å². The first kappa shape index (κ1) is 27.7. The summed E-state index contributed by atoms with van der Waals surface area (Å²) >= 11 is 6.13. The Morgan fingerprint density at radius 2 is 1.65 bits per heavy atom. The molecular formula is C25H34ClN3O4S. The second kappa shape index (κ2) is 11.7. The number of anilines is 1. The van der Waals surface area contributed by atoms with E-state index in [1.165, 1.54) is 4.90 Å². The van der Waals surface area contributed by atoms with Gasteiger partial charge in [-0.2, -0.15) is 0 Å². The summed E-state index contributed by atoms with van der Waals surface area (Å²) in [4.78, 5) is 27.9. The summed E-state index contributed by atoms with van der Waals surface area (Å²) in [6.45, 7) is 8.78. The first-order valence-corrected chi connectivity index (χ1v) is 13.5. The SMILES string of the molecule is CC[C@@H](C)NC(=O)[C@H](C)N(Cc1cccc(Cl)c1)C(=O)CN(c1c(C)cccc1C)S(C)(=O)=O. The third-order valence-electron chi connectivity index (χ3n) is 5.78. The van der Waals surface area contributed by atoms with Crippen LogP contribution in [0.4, 0.5) is 5.69 Å². The Balaban J connectivity index is 2.45. The smallest absolute Gasteiger partial charge is 0.244 e. The van der Waals surface area contributed by atoms with Gasteiger partial charge in [0, 0.05) is 17.6 Å². The van der Waals surface area contributed by atoms with Crippen molar-refractivity contribution in [3.8, 4) is 0 Å². The highest BCUT2D eigenvalue weighted by molar-refractivity contribution is 7.92. The minimum Gasteiger partial charge on any atom is -0.352 e. The van der Waals surface area contributed by atoms with Crippen LogP contribution in [0.1, 0.15) is 43.9 Å². The molecule has 2 aromatic rings. The number of hydrogen-bond donors (Lipinski definition) is 1. The number of rotatable bonds is 10. The van der Waals surface area contributed by atoms with Gasteiger partial charge in [0.1, 0.15) is 12.6 Å². The lowest BCUT2D eigenvalue weighted by atomic mass is 10.1. The Morgan fingerprint density at radius 1 is 1.06 bits per heavy atom. The van der Waals surface area contributed by atoms with Crippen LogP contribution in [0.15, 0.2) is 42.5 Å². The Morgan fingerprint density at radius 3 is 2.18 bits per heavy atom. The molecule has 0 aliphatic carbocycles. The van der Waals surface area contributed by atoms with Gasteiger partial charge in [0.15, 0.2) is 0 Å². The van der Waals surface area contributed by atoms with Crippen LogP contribution in [0.5, 0.6) is 0 Å². The number of carbonyl (C=O) groups excluding carboxylic acids is 2. The van der Waals surface area contributed by atoms with Gasteiger partial charge in [0.05, 0.1) is 11.9 Å². The van der Waals surface area contributed by atoms with Crippen LogP contribution in [0.25, 0.3) is 0 Å². The number of nitrogens with zero attached hydrogens (tertiary/aromatic N) is 2. The maximum atomic E-state index is 13.6. The van der Waals surface area contributed by atoms with Crippen molar-refractivity contribution in [3.05, 3.63) is 64.2 Å². The van der Waals surface area contributed by atoms with Crippen LogP contribution in [0.3, 0.4) is 0 Å². The highest BCUT2D eigenvalue weighted by Gasteiger charge is 2.31. The number of hydrogen-bond acceptors (Lipinski definition) is 4. The number of sulfonamides is 1. The van der Waals surface area contributed by atoms with Gasteiger partial charge in [-0.25, -0.2) is 8.42 Å². The third-order valence-corrected chi connectivity index (χ3v) is 7.13. The molecule has 2 rings (SSSR count). The van der Waals surface area contributed by atoms with Gasteiger partial charge >= 0.3 is 0 Å². The zero-order valence-electron chi connectivity index (χ0n) is 20.6. The zero-order chi connectivity index (χ0) is 25.6. The fraction of sp³-hybridized carbons (Fsp3) is 0.440. The fourth-order valence-corrected chi connectivity index (χ4v) is 4.83. The summed E-state index contributed by atoms with van der Waals surface area (Å²) in [5.74, 6) is -0.789. The summed E-state index contributed by atoms with van der Waals surface area (Å²) < 4.78 is 26.6. The van der Waals surface area contributed by atoms with Crippen molar-refractivity contribution in [3.63, 3.8) is 0 Å². The van der Waals surface area contributed by atoms with Gasteiger partial charge in [-0.3, -0.25) is 13.9 Å². The largest absolute Gasteiger partial charge is 0.352 e. The predicted molar refractivity (Wildman–Crippen MR) is 137 cm³/mol. The van der Waals surface area contributed by atoms with Gasteiger partial charge in [-0.1, -0.05) is 48.9 Å². The number of nitrogens with one attached hydrogen (secondary N) is 1. The molecule has 9 heteroatoms. The van der Waals surface area contributed by atoms with E-state index in [0.29, 0.717) is 10.7 Å². The van der Waals surface area contributed by atoms with E-state index in [1.54, 1.807) is 51.1 Å². The molecule has 0 spiro atoms. The summed E-state index contributed by atoms with van der Waals surface area (Å²) in [7, 11) is -3.78. The minimum atomic E-state index is -3.78. The quantitative estimate of drug-likeness (QED) is 0.525. The average Bonchev–Trinajstić information content (AvgIpc) is 2.75. The lowest BCUT2D eigenvalue weighted by molar-refractivity contribution is -0.139. The van der Waals surface area contributed by atoms with Gasteiger partial charge < -0.3 is 10.2 Å². The van der Waals surface area contributed by atoms with Crippen molar-refractivity contribution in [2.45, 2.75) is 59.7 Å². The predicted octanol–water partition coefficient (Wildman–Crippen LogP) is 4.05. The van der Waals surface area contributed by atoms with E-state index < -0.39 is 28.5 Å². The number of amides is 2. The molecule has 0 aliphatic heterocycles. The van der Waals surface area contributed by atoms with Crippen molar-refractivity contribution in [1.82, 2.24) is 10.2 Å². The normalized spacial score (nSPS) is 13.1. The average molecular weight is 508 g/mol. The first-order chi connectivity index (χ1) is 15.8. The molecule has 186 valence electrons. The van der Waals surface area contributed by atoms with Crippen LogP contribution in [-0.2, 0) is 26.2 Å². The molecule has 0 aliphatic rings. The molecule has 0 unspecified atom stereocenters. The van der Waals surface area contributed by atoms with Crippen molar-refractivity contribution in [2.75, 3.05) is 17.1 Å². The van der Waals surface area contributed by atoms with E-state index in [4.69, 9.17) is 11.6 Å². The van der Waals surface area contributed by atoms with Crippen molar-refractivity contribution in [1.29, 1.82) is 0 Å². The van der Waals surface area contributed by atoms with Gasteiger partial charge in [0.25, 0.3) is 0 Å². The maximum Gasteiger partial charge on any atom is 0.244 e. The minimum absolute atomic E-state index is 0.0554. The molecule has 0 radical (unpaired) electrons. The van der Waals surface area contributed by atoms with E-state index in [1.807, 2.05) is 26.0 Å². The lowest BCUT2D eigenvalue weighted by Crippen LogP contribution is -2.52. The van der Waals surface area contributed by atoms with E-state index in [0.717, 1.165) is 33.7 Å². The van der Waals surface area contributed by atoms with E-state index in [-0.39, 0.29) is 18.5 Å². The molecule has 0 fully saturated rings. The van der Waals surface area contributed by atoms with Crippen molar-refractivity contribution < 1.29 is 18.0 Å². The molecule has 2 aromatic carbocycles. The molecular weight excluding hydrogens is 474 g/mol. The summed E-state index contributed by atoms with van der Waals surface area (Å²) in [6.07, 6.45) is 1.82. The van der Waals surface area contributed by atoms with Crippen LogP contribution < -0.4 is 9.62 Å². The highest BCUT2D eigenvalue weighted by Crippen LogP contribution is 2.27. The van der Waals surface area contributed by atoms with Crippen LogP contribution >= 0.6 is 11.6 Å². The monoisotopic (exact) mass is 507 g/mol. The Kier molecular flexibility index (Phi) is 9.53. The van der Waals surface area contributed by atoms with Gasteiger partial charge in [-0.05, 0) is 62.9 Å². The van der Waals surface area contributed by atoms with Crippen LogP contribution in [0, 0.1) is 13.8 Å². The number of aryl methyl sites for hydroxylation is 2. The maximum absolute atomic E-state index is 13.6. The molecule has 1 N–H and O–H groups in total. The zero-order valence-corrected chi connectivity index (χ0v) is 22.2. The Bertz CT molecular complexity index is 1120. The number of halogens is 1. The number of benzene rings is 2. The Hall–Kier alpha value is -2.58. The topological polar surface area (TPSA) is 86.8 Å². The van der Waals surface area contributed by atoms with Gasteiger partial charge in [0.2, 0.25) is 21.8 Å². The number of carbonyl (C=O) groups is 2. The lowest BCUT2D eigenvalue weighted by Gasteiger charge is -2.32. The van der Waals surface area contributed by atoms with Crippen molar-refractivity contribution in [2.24, 2.45) is 0 Å². The molecule has 0 bridgehead atoms. The molecule has 0 saturated heterocycles. The molecule has 0 heterocycles. The highest BCUT2D eigenvalue weighted by atomic mass is 35.5. The summed E-state index contributed by atoms with van der Waals surface area (Å²) in [5, 5.41) is 3.41. The summed E-state index contributed by atoms with van der Waals surface area (Å²) in [6, 6.07) is 11.6. The van der Waals surface area contributed by atoms with Crippen molar-refractivity contribution >= 4 is 39.1 Å². The second-order valence-corrected chi connectivity index (χ2v) is 11.0. The summed E-state index contributed by atoms with van der Waals surface area (Å²) in [5.41, 5.74) is 2.68. The standard InChI is InChI=1S/C25H34ClN3O4S/c1-7-19(4)27-25(31)20(5)28(15-21-12-9-13-22(26)14-21)23(30)16-29(34(6,32)33)24-17(2)10-8-11-18(24)3/h8-14,19-20H,7,15-16H2,1-6H3,(H,27,31)/t19-,20+/m1/s1. The Labute approximate surface area is 208 Å². The van der Waals surface area contributed by atoms with E-state index >= 15 is 0 Å². The fourth-order valence-electron chi connectivity index (χ4n) is 3.66. The number of para-hydroxylation sites is 1. The first-order valence-electron chi connectivity index (χ1n) is 11.2. The van der Waals surface area contributed by atoms with Gasteiger partial charge in [-0.15, -0.1) is 0 Å². The third kappa shape index (κ3) is 7.21. The van der Waals surface area contributed by atoms with E-state index in [2.05, 4.69) is 5.32 Å². The molecule has 0 aromatic heterocycles. The molecule has 2 atom stereocenters. The second-order valence-electron chi connectivity index (χ2n) is 8.66. The van der Waals surface area contributed by atoms with E-state index in [9.17, 15) is 18.0 Å². The molecule has 2 amide bonds. The molecule has 34 heavy (non-hydrogen) atoms. The molecule has 0 saturated carbocycles.